The van der Waals surface area contributed by atoms with Crippen LogP contribution in [0.1, 0.15) is 13.3 Å². The van der Waals surface area contributed by atoms with E-state index < -0.39 is 6.10 Å². The van der Waals surface area contributed by atoms with Gasteiger partial charge in [-0.3, -0.25) is 4.79 Å². The van der Waals surface area contributed by atoms with Crippen LogP contribution >= 0.6 is 11.6 Å². The lowest BCUT2D eigenvalue weighted by molar-refractivity contribution is -0.122. The number of nitrogens with one attached hydrogen (secondary N) is 1. The molecular weight excluding hydrogens is 252 g/mol. The van der Waals surface area contributed by atoms with E-state index in [1.54, 1.807) is 6.92 Å². The Morgan fingerprint density at radius 3 is 3.00 bits per heavy atom. The Bertz CT molecular complexity index is 451. The van der Waals surface area contributed by atoms with Gasteiger partial charge in [-0.05, 0) is 31.5 Å². The molecule has 1 atom stereocenters. The Morgan fingerprint density at radius 1 is 1.50 bits per heavy atom. The van der Waals surface area contributed by atoms with Crippen LogP contribution in [0.5, 0.6) is 5.75 Å². The molecule has 1 amide bonds. The van der Waals surface area contributed by atoms with E-state index in [2.05, 4.69) is 10.2 Å². The van der Waals surface area contributed by atoms with Crippen LogP contribution in [0.15, 0.2) is 18.2 Å². The van der Waals surface area contributed by atoms with Crippen molar-refractivity contribution in [3.05, 3.63) is 18.2 Å². The van der Waals surface area contributed by atoms with Gasteiger partial charge in [0, 0.05) is 25.2 Å². The maximum absolute atomic E-state index is 11.5. The molecule has 4 nitrogen and oxygen atoms in total. The summed E-state index contributed by atoms with van der Waals surface area (Å²) >= 11 is 5.68. The minimum atomic E-state index is -0.433. The van der Waals surface area contributed by atoms with Crippen molar-refractivity contribution >= 4 is 28.9 Å². The van der Waals surface area contributed by atoms with Gasteiger partial charge in [0.2, 0.25) is 0 Å². The number of benzene rings is 1. The number of halogens is 1. The van der Waals surface area contributed by atoms with Crippen molar-refractivity contribution in [2.45, 2.75) is 19.4 Å². The first-order valence-corrected chi connectivity index (χ1v) is 6.54. The molecule has 1 heterocycles. The predicted molar refractivity (Wildman–Crippen MR) is 73.8 cm³/mol. The van der Waals surface area contributed by atoms with Crippen molar-refractivity contribution in [3.8, 4) is 5.75 Å². The number of rotatable bonds is 4. The molecule has 0 saturated carbocycles. The van der Waals surface area contributed by atoms with Crippen LogP contribution in [0.25, 0.3) is 0 Å². The third kappa shape index (κ3) is 2.70. The highest BCUT2D eigenvalue weighted by molar-refractivity contribution is 6.17. The minimum absolute atomic E-state index is 0.108. The number of alkyl halides is 1. The first kappa shape index (κ1) is 13.0. The Balaban J connectivity index is 2.17. The standard InChI is InChI=1S/C13H17ClN2O2/c1-9-13(17)15-11-8-10(4-5-12(11)18-9)16(2)7-3-6-14/h4-5,8-9H,3,6-7H2,1-2H3,(H,15,17). The normalized spacial score (nSPS) is 17.7. The van der Waals surface area contributed by atoms with Gasteiger partial charge in [0.15, 0.2) is 6.10 Å². The highest BCUT2D eigenvalue weighted by Gasteiger charge is 2.23. The third-order valence-corrected chi connectivity index (χ3v) is 3.23. The van der Waals surface area contributed by atoms with Crippen molar-refractivity contribution in [2.24, 2.45) is 0 Å². The summed E-state index contributed by atoms with van der Waals surface area (Å²) in [6.07, 6.45) is 0.493. The summed E-state index contributed by atoms with van der Waals surface area (Å²) < 4.78 is 5.51. The van der Waals surface area contributed by atoms with Crippen LogP contribution < -0.4 is 15.0 Å². The molecule has 0 radical (unpaired) electrons. The number of fused-ring (bicyclic) bond motifs is 1. The van der Waals surface area contributed by atoms with Crippen molar-refractivity contribution < 1.29 is 9.53 Å². The third-order valence-electron chi connectivity index (χ3n) is 2.96. The number of nitrogens with zero attached hydrogens (tertiary/aromatic N) is 1. The molecule has 0 bridgehead atoms. The molecule has 1 aliphatic heterocycles. The molecule has 18 heavy (non-hydrogen) atoms. The molecule has 2 rings (SSSR count). The molecule has 1 aromatic rings. The Hall–Kier alpha value is -1.42. The monoisotopic (exact) mass is 268 g/mol. The molecule has 1 N–H and O–H groups in total. The molecule has 0 fully saturated rings. The van der Waals surface area contributed by atoms with Crippen LogP contribution in [0.3, 0.4) is 0 Å². The lowest BCUT2D eigenvalue weighted by Crippen LogP contribution is -2.34. The number of amides is 1. The van der Waals surface area contributed by atoms with Gasteiger partial charge < -0.3 is 15.0 Å². The molecular formula is C13H17ClN2O2. The summed E-state index contributed by atoms with van der Waals surface area (Å²) in [5.41, 5.74) is 1.77. The highest BCUT2D eigenvalue weighted by atomic mass is 35.5. The molecule has 1 aliphatic rings. The van der Waals surface area contributed by atoms with E-state index in [-0.39, 0.29) is 5.91 Å². The number of hydrogen-bond acceptors (Lipinski definition) is 3. The van der Waals surface area contributed by atoms with Gasteiger partial charge in [0.05, 0.1) is 5.69 Å². The van der Waals surface area contributed by atoms with E-state index in [1.807, 2.05) is 25.2 Å². The van der Waals surface area contributed by atoms with E-state index in [0.717, 1.165) is 30.1 Å². The molecule has 1 unspecified atom stereocenters. The average molecular weight is 269 g/mol. The fraction of sp³-hybridized carbons (Fsp3) is 0.462. The first-order valence-electron chi connectivity index (χ1n) is 6.00. The molecule has 5 heteroatoms. The fourth-order valence-corrected chi connectivity index (χ4v) is 1.98. The second-order valence-corrected chi connectivity index (χ2v) is 4.77. The summed E-state index contributed by atoms with van der Waals surface area (Å²) in [7, 11) is 2.00. The van der Waals surface area contributed by atoms with Crippen molar-refractivity contribution in [2.75, 3.05) is 29.7 Å². The van der Waals surface area contributed by atoms with Gasteiger partial charge in [0.25, 0.3) is 5.91 Å². The van der Waals surface area contributed by atoms with Crippen molar-refractivity contribution in [3.63, 3.8) is 0 Å². The van der Waals surface area contributed by atoms with Gasteiger partial charge >= 0.3 is 0 Å². The van der Waals surface area contributed by atoms with E-state index in [9.17, 15) is 4.79 Å². The molecule has 0 aliphatic carbocycles. The SMILES string of the molecule is CC1Oc2ccc(N(C)CCCCl)cc2NC1=O. The van der Waals surface area contributed by atoms with Crippen LogP contribution in [-0.4, -0.2) is 31.5 Å². The van der Waals surface area contributed by atoms with Gasteiger partial charge in [-0.25, -0.2) is 0 Å². The fourth-order valence-electron chi connectivity index (χ4n) is 1.86. The second kappa shape index (κ2) is 5.48. The molecule has 0 spiro atoms. The summed E-state index contributed by atoms with van der Waals surface area (Å²) in [4.78, 5) is 13.6. The molecule has 0 saturated heterocycles. The summed E-state index contributed by atoms with van der Waals surface area (Å²) in [6, 6.07) is 5.79. The van der Waals surface area contributed by atoms with E-state index >= 15 is 0 Å². The molecule has 1 aromatic carbocycles. The average Bonchev–Trinajstić information content (AvgIpc) is 2.36. The van der Waals surface area contributed by atoms with Gasteiger partial charge in [-0.2, -0.15) is 0 Å². The number of hydrogen-bond donors (Lipinski definition) is 1. The largest absolute Gasteiger partial charge is 0.479 e. The maximum atomic E-state index is 11.5. The summed E-state index contributed by atoms with van der Waals surface area (Å²) in [5, 5.41) is 2.84. The lowest BCUT2D eigenvalue weighted by Gasteiger charge is -2.26. The smallest absolute Gasteiger partial charge is 0.265 e. The van der Waals surface area contributed by atoms with Gasteiger partial charge in [-0.15, -0.1) is 11.6 Å². The predicted octanol–water partition coefficient (Wildman–Crippen LogP) is 2.47. The second-order valence-electron chi connectivity index (χ2n) is 4.39. The number of ether oxygens (including phenoxy) is 1. The van der Waals surface area contributed by atoms with Gasteiger partial charge in [0.1, 0.15) is 5.75 Å². The van der Waals surface area contributed by atoms with Crippen molar-refractivity contribution in [1.82, 2.24) is 0 Å². The zero-order chi connectivity index (χ0) is 13.1. The Labute approximate surface area is 112 Å². The topological polar surface area (TPSA) is 41.6 Å². The number of carbonyl (C=O) groups excluding carboxylic acids is 1. The van der Waals surface area contributed by atoms with E-state index in [0.29, 0.717) is 5.88 Å². The van der Waals surface area contributed by atoms with E-state index in [1.165, 1.54) is 0 Å². The van der Waals surface area contributed by atoms with Crippen molar-refractivity contribution in [1.29, 1.82) is 0 Å². The van der Waals surface area contributed by atoms with Gasteiger partial charge in [-0.1, -0.05) is 0 Å². The number of anilines is 2. The maximum Gasteiger partial charge on any atom is 0.265 e. The molecule has 0 aromatic heterocycles. The van der Waals surface area contributed by atoms with Crippen LogP contribution in [-0.2, 0) is 4.79 Å². The van der Waals surface area contributed by atoms with E-state index in [4.69, 9.17) is 16.3 Å². The zero-order valence-electron chi connectivity index (χ0n) is 10.6. The quantitative estimate of drug-likeness (QED) is 0.853. The highest BCUT2D eigenvalue weighted by Crippen LogP contribution is 2.33. The molecule has 98 valence electrons. The zero-order valence-corrected chi connectivity index (χ0v) is 11.3. The van der Waals surface area contributed by atoms with Crippen LogP contribution in [0, 0.1) is 0 Å². The first-order chi connectivity index (χ1) is 8.61. The Morgan fingerprint density at radius 2 is 2.28 bits per heavy atom. The number of carbonyl (C=O) groups is 1. The lowest BCUT2D eigenvalue weighted by atomic mass is 10.2. The van der Waals surface area contributed by atoms with Crippen LogP contribution in [0.4, 0.5) is 11.4 Å². The summed E-state index contributed by atoms with van der Waals surface area (Å²) in [6.45, 7) is 2.62. The summed E-state index contributed by atoms with van der Waals surface area (Å²) in [5.74, 6) is 1.26. The Kier molecular flexibility index (Phi) is 3.97. The van der Waals surface area contributed by atoms with Crippen LogP contribution in [0.2, 0.25) is 0 Å². The minimum Gasteiger partial charge on any atom is -0.479 e.